The Balaban J connectivity index is 3.40. The number of hydrogen-bond donors (Lipinski definition) is 1. The summed E-state index contributed by atoms with van der Waals surface area (Å²) in [6, 6.07) is 0.564. The van der Waals surface area contributed by atoms with Crippen LogP contribution >= 0.6 is 0 Å². The summed E-state index contributed by atoms with van der Waals surface area (Å²) in [5, 5.41) is 0. The summed E-state index contributed by atoms with van der Waals surface area (Å²) in [6.07, 6.45) is -9.47. The van der Waals surface area contributed by atoms with Crippen LogP contribution < -0.4 is 5.73 Å². The van der Waals surface area contributed by atoms with Crippen molar-refractivity contribution in [1.29, 1.82) is 0 Å². The smallest absolute Gasteiger partial charge is 0.324 e. The van der Waals surface area contributed by atoms with E-state index in [9.17, 15) is 26.3 Å². The zero-order valence-corrected chi connectivity index (χ0v) is 9.36. The molecule has 0 fully saturated rings. The quantitative estimate of drug-likeness (QED) is 0.804. The van der Waals surface area contributed by atoms with Crippen LogP contribution in [0, 0.1) is 0 Å². The predicted molar refractivity (Wildman–Crippen MR) is 53.7 cm³/mol. The lowest BCUT2D eigenvalue weighted by atomic mass is 9.96. The van der Waals surface area contributed by atoms with Crippen LogP contribution in [0.3, 0.4) is 0 Å². The Morgan fingerprint density at radius 3 is 2.00 bits per heavy atom. The number of benzene rings is 1. The van der Waals surface area contributed by atoms with Gasteiger partial charge in [-0.1, -0.05) is 13.0 Å². The van der Waals surface area contributed by atoms with Gasteiger partial charge in [-0.05, 0) is 24.1 Å². The zero-order chi connectivity index (χ0) is 14.1. The Hall–Kier alpha value is -1.24. The number of alkyl halides is 6. The van der Waals surface area contributed by atoms with Gasteiger partial charge >= 0.3 is 12.4 Å². The Morgan fingerprint density at radius 2 is 1.61 bits per heavy atom. The van der Waals surface area contributed by atoms with Crippen LogP contribution in [0.15, 0.2) is 18.2 Å². The van der Waals surface area contributed by atoms with Crippen LogP contribution in [-0.2, 0) is 12.4 Å². The molecule has 18 heavy (non-hydrogen) atoms. The van der Waals surface area contributed by atoms with Crippen molar-refractivity contribution in [3.05, 3.63) is 34.9 Å². The second-order valence-corrected chi connectivity index (χ2v) is 3.81. The molecule has 102 valence electrons. The summed E-state index contributed by atoms with van der Waals surface area (Å²) >= 11 is 0. The molecule has 0 aromatic heterocycles. The Labute approximate surface area is 99.6 Å². The van der Waals surface area contributed by atoms with Crippen LogP contribution in [0.2, 0.25) is 0 Å². The van der Waals surface area contributed by atoms with Gasteiger partial charge in [-0.15, -0.1) is 0 Å². The molecule has 1 aromatic rings. The van der Waals surface area contributed by atoms with Gasteiger partial charge in [-0.25, -0.2) is 0 Å². The van der Waals surface area contributed by atoms with Crippen molar-refractivity contribution in [3.63, 3.8) is 0 Å². The van der Waals surface area contributed by atoms with Crippen LogP contribution in [0.5, 0.6) is 0 Å². The number of nitrogens with two attached hydrogens (primary N) is 1. The van der Waals surface area contributed by atoms with Crippen LogP contribution in [0.4, 0.5) is 26.3 Å². The molecule has 1 unspecified atom stereocenters. The molecule has 0 radical (unpaired) electrons. The fourth-order valence-electron chi connectivity index (χ4n) is 1.52. The van der Waals surface area contributed by atoms with Crippen molar-refractivity contribution in [1.82, 2.24) is 0 Å². The molecule has 1 rings (SSSR count). The van der Waals surface area contributed by atoms with Crippen molar-refractivity contribution < 1.29 is 26.3 Å². The van der Waals surface area contributed by atoms with Crippen molar-refractivity contribution in [2.24, 2.45) is 5.73 Å². The average molecular weight is 271 g/mol. The Bertz CT molecular complexity index is 421. The lowest BCUT2D eigenvalue weighted by Gasteiger charge is -2.19. The van der Waals surface area contributed by atoms with Crippen molar-refractivity contribution >= 4 is 0 Å². The monoisotopic (exact) mass is 271 g/mol. The molecule has 0 aliphatic heterocycles. The van der Waals surface area contributed by atoms with Crippen LogP contribution in [0.1, 0.15) is 36.1 Å². The van der Waals surface area contributed by atoms with E-state index in [1.807, 2.05) is 0 Å². The highest BCUT2D eigenvalue weighted by Gasteiger charge is 2.38. The van der Waals surface area contributed by atoms with E-state index in [1.165, 1.54) is 0 Å². The van der Waals surface area contributed by atoms with Gasteiger partial charge in [0.25, 0.3) is 0 Å². The first kappa shape index (κ1) is 14.8. The minimum atomic E-state index is -4.86. The summed E-state index contributed by atoms with van der Waals surface area (Å²) < 4.78 is 75.2. The molecule has 0 heterocycles. The van der Waals surface area contributed by atoms with Crippen LogP contribution in [0.25, 0.3) is 0 Å². The number of halogens is 6. The van der Waals surface area contributed by atoms with Gasteiger partial charge in [0.1, 0.15) is 0 Å². The van der Waals surface area contributed by atoms with Crippen molar-refractivity contribution in [3.8, 4) is 0 Å². The molecule has 0 spiro atoms. The van der Waals surface area contributed by atoms with E-state index in [2.05, 4.69) is 0 Å². The first-order valence-corrected chi connectivity index (χ1v) is 5.11. The number of rotatable bonds is 2. The SMILES string of the molecule is CCC(N)c1ccc(C(F)(F)F)cc1C(F)(F)F. The van der Waals surface area contributed by atoms with Gasteiger partial charge in [0.2, 0.25) is 0 Å². The summed E-state index contributed by atoms with van der Waals surface area (Å²) in [4.78, 5) is 0. The third-order valence-corrected chi connectivity index (χ3v) is 2.53. The molecule has 7 heteroatoms. The first-order chi connectivity index (χ1) is 8.07. The van der Waals surface area contributed by atoms with E-state index < -0.39 is 29.5 Å². The molecule has 1 aromatic carbocycles. The maximum atomic E-state index is 12.7. The lowest BCUT2D eigenvalue weighted by Crippen LogP contribution is -2.18. The molecular weight excluding hydrogens is 260 g/mol. The van der Waals surface area contributed by atoms with E-state index in [1.54, 1.807) is 6.92 Å². The topological polar surface area (TPSA) is 26.0 Å². The van der Waals surface area contributed by atoms with Crippen molar-refractivity contribution in [2.45, 2.75) is 31.7 Å². The molecule has 0 amide bonds. The van der Waals surface area contributed by atoms with Crippen molar-refractivity contribution in [2.75, 3.05) is 0 Å². The standard InChI is InChI=1S/C11H11F6N/c1-2-9(18)7-4-3-6(10(12,13)14)5-8(7)11(15,16)17/h3-5,9H,2,18H2,1H3. The van der Waals surface area contributed by atoms with Gasteiger partial charge < -0.3 is 5.73 Å². The fraction of sp³-hybridized carbons (Fsp3) is 0.455. The summed E-state index contributed by atoms with van der Waals surface area (Å²) in [6.45, 7) is 1.56. The molecule has 0 saturated heterocycles. The van der Waals surface area contributed by atoms with Gasteiger partial charge in [-0.2, -0.15) is 26.3 Å². The average Bonchev–Trinajstić information content (AvgIpc) is 2.24. The summed E-state index contributed by atoms with van der Waals surface area (Å²) in [5.74, 6) is 0. The van der Waals surface area contributed by atoms with E-state index in [0.29, 0.717) is 6.07 Å². The molecular formula is C11H11F6N. The van der Waals surface area contributed by atoms with Gasteiger partial charge in [0, 0.05) is 6.04 Å². The summed E-state index contributed by atoms with van der Waals surface area (Å²) in [7, 11) is 0. The van der Waals surface area contributed by atoms with E-state index in [-0.39, 0.29) is 18.1 Å². The zero-order valence-electron chi connectivity index (χ0n) is 9.36. The van der Waals surface area contributed by atoms with Gasteiger partial charge in [0.15, 0.2) is 0 Å². The normalized spacial score (nSPS) is 14.7. The maximum Gasteiger partial charge on any atom is 0.416 e. The van der Waals surface area contributed by atoms with Gasteiger partial charge in [0.05, 0.1) is 11.1 Å². The van der Waals surface area contributed by atoms with E-state index in [4.69, 9.17) is 5.73 Å². The highest BCUT2D eigenvalue weighted by atomic mass is 19.4. The Kier molecular flexibility index (Phi) is 3.95. The van der Waals surface area contributed by atoms with Crippen LogP contribution in [-0.4, -0.2) is 0 Å². The maximum absolute atomic E-state index is 12.7. The fourth-order valence-corrected chi connectivity index (χ4v) is 1.52. The molecule has 1 atom stereocenters. The first-order valence-electron chi connectivity index (χ1n) is 5.11. The predicted octanol–water partition coefficient (Wildman–Crippen LogP) is 4.13. The third kappa shape index (κ3) is 3.16. The largest absolute Gasteiger partial charge is 0.416 e. The Morgan fingerprint density at radius 1 is 1.06 bits per heavy atom. The number of hydrogen-bond acceptors (Lipinski definition) is 1. The third-order valence-electron chi connectivity index (χ3n) is 2.53. The minimum absolute atomic E-state index is 0.102. The summed E-state index contributed by atoms with van der Waals surface area (Å²) in [5.41, 5.74) is 2.49. The molecule has 0 aliphatic carbocycles. The lowest BCUT2D eigenvalue weighted by molar-refractivity contribution is -0.143. The molecule has 0 bridgehead atoms. The molecule has 1 nitrogen and oxygen atoms in total. The molecule has 0 aliphatic rings. The second-order valence-electron chi connectivity index (χ2n) is 3.81. The van der Waals surface area contributed by atoms with Gasteiger partial charge in [-0.3, -0.25) is 0 Å². The highest BCUT2D eigenvalue weighted by Crippen LogP contribution is 2.39. The van der Waals surface area contributed by atoms with E-state index >= 15 is 0 Å². The molecule has 2 N–H and O–H groups in total. The highest BCUT2D eigenvalue weighted by molar-refractivity contribution is 5.37. The van der Waals surface area contributed by atoms with E-state index in [0.717, 1.165) is 6.07 Å². The minimum Gasteiger partial charge on any atom is -0.324 e. The second kappa shape index (κ2) is 4.79. The molecule has 0 saturated carbocycles.